The Labute approximate surface area is 174 Å². The number of benzene rings is 2. The quantitative estimate of drug-likeness (QED) is 0.445. The molecule has 30 heavy (non-hydrogen) atoms. The van der Waals surface area contributed by atoms with Crippen molar-refractivity contribution in [1.82, 2.24) is 10.6 Å². The predicted molar refractivity (Wildman–Crippen MR) is 108 cm³/mol. The summed E-state index contributed by atoms with van der Waals surface area (Å²) >= 11 is 0. The second kappa shape index (κ2) is 11.4. The van der Waals surface area contributed by atoms with E-state index in [-0.39, 0.29) is 13.0 Å². The Bertz CT molecular complexity index is 842. The van der Waals surface area contributed by atoms with Gasteiger partial charge in [0, 0.05) is 6.42 Å². The van der Waals surface area contributed by atoms with Gasteiger partial charge in [-0.1, -0.05) is 42.5 Å². The molecule has 0 fully saturated rings. The number of primary amides is 1. The second-order valence-corrected chi connectivity index (χ2v) is 6.46. The van der Waals surface area contributed by atoms with Gasteiger partial charge in [0.2, 0.25) is 11.8 Å². The number of hydrogen-bond acceptors (Lipinski definition) is 6. The van der Waals surface area contributed by atoms with Gasteiger partial charge < -0.3 is 30.9 Å². The molecule has 2 atom stereocenters. The number of ether oxygens (including phenoxy) is 2. The van der Waals surface area contributed by atoms with Crippen LogP contribution in [0.1, 0.15) is 11.1 Å². The number of carbonyl (C=O) groups excluding carboxylic acids is 3. The van der Waals surface area contributed by atoms with Crippen LogP contribution >= 0.6 is 0 Å². The van der Waals surface area contributed by atoms with Crippen LogP contribution in [0.15, 0.2) is 54.6 Å². The van der Waals surface area contributed by atoms with Crippen LogP contribution in [0.25, 0.3) is 0 Å². The fourth-order valence-electron chi connectivity index (χ4n) is 2.59. The number of rotatable bonds is 10. The number of amides is 3. The Morgan fingerprint density at radius 2 is 1.63 bits per heavy atom. The molecule has 160 valence electrons. The number of nitrogens with one attached hydrogen (secondary N) is 2. The lowest BCUT2D eigenvalue weighted by Crippen LogP contribution is -2.54. The maximum absolute atomic E-state index is 12.4. The van der Waals surface area contributed by atoms with Crippen LogP contribution < -0.4 is 21.1 Å². The summed E-state index contributed by atoms with van der Waals surface area (Å²) in [5.41, 5.74) is 6.91. The smallest absolute Gasteiger partial charge is 0.408 e. The zero-order valence-corrected chi connectivity index (χ0v) is 16.5. The third kappa shape index (κ3) is 7.10. The van der Waals surface area contributed by atoms with Crippen molar-refractivity contribution in [2.45, 2.75) is 25.1 Å². The number of methoxy groups -OCH3 is 1. The minimum absolute atomic E-state index is 0.00776. The number of hydrogen-bond donors (Lipinski definition) is 4. The van der Waals surface area contributed by atoms with E-state index in [9.17, 15) is 19.5 Å². The molecule has 2 aromatic rings. The monoisotopic (exact) mass is 415 g/mol. The van der Waals surface area contributed by atoms with Gasteiger partial charge in [-0.15, -0.1) is 0 Å². The highest BCUT2D eigenvalue weighted by Gasteiger charge is 2.26. The van der Waals surface area contributed by atoms with Crippen LogP contribution in [0.5, 0.6) is 5.75 Å². The number of aliphatic hydroxyl groups excluding tert-OH is 1. The zero-order valence-electron chi connectivity index (χ0n) is 16.5. The molecule has 0 heterocycles. The number of carbonyl (C=O) groups is 3. The van der Waals surface area contributed by atoms with Crippen molar-refractivity contribution in [3.8, 4) is 5.75 Å². The van der Waals surface area contributed by atoms with Gasteiger partial charge >= 0.3 is 6.09 Å². The summed E-state index contributed by atoms with van der Waals surface area (Å²) in [7, 11) is 1.54. The molecule has 9 heteroatoms. The van der Waals surface area contributed by atoms with Crippen molar-refractivity contribution in [3.05, 3.63) is 65.7 Å². The van der Waals surface area contributed by atoms with Gasteiger partial charge in [-0.3, -0.25) is 9.59 Å². The maximum atomic E-state index is 12.4. The number of aliphatic hydroxyl groups is 1. The molecule has 0 aromatic heterocycles. The van der Waals surface area contributed by atoms with E-state index in [0.717, 1.165) is 11.1 Å². The van der Waals surface area contributed by atoms with Crippen LogP contribution in [0.4, 0.5) is 4.79 Å². The summed E-state index contributed by atoms with van der Waals surface area (Å²) in [5, 5.41) is 14.2. The SMILES string of the molecule is COc1ccc(C[C@@H](NC(=O)[C@H](CO)NC(=O)OCc2ccccc2)C(N)=O)cc1. The summed E-state index contributed by atoms with van der Waals surface area (Å²) in [6, 6.07) is 13.6. The molecule has 0 bridgehead atoms. The summed E-state index contributed by atoms with van der Waals surface area (Å²) < 4.78 is 10.1. The Balaban J connectivity index is 1.91. The van der Waals surface area contributed by atoms with Crippen molar-refractivity contribution in [2.24, 2.45) is 5.73 Å². The van der Waals surface area contributed by atoms with Crippen molar-refractivity contribution in [1.29, 1.82) is 0 Å². The first-order chi connectivity index (χ1) is 14.4. The lowest BCUT2D eigenvalue weighted by Gasteiger charge is -2.20. The molecule has 2 rings (SSSR count). The Morgan fingerprint density at radius 3 is 2.20 bits per heavy atom. The molecule has 0 aliphatic rings. The molecule has 0 radical (unpaired) electrons. The van der Waals surface area contributed by atoms with Crippen molar-refractivity contribution >= 4 is 17.9 Å². The molecule has 0 saturated carbocycles. The molecule has 0 unspecified atom stereocenters. The van der Waals surface area contributed by atoms with E-state index >= 15 is 0 Å². The Morgan fingerprint density at radius 1 is 0.967 bits per heavy atom. The zero-order chi connectivity index (χ0) is 21.9. The fourth-order valence-corrected chi connectivity index (χ4v) is 2.59. The topological polar surface area (TPSA) is 140 Å². The van der Waals surface area contributed by atoms with Gasteiger partial charge in [-0.2, -0.15) is 0 Å². The van der Waals surface area contributed by atoms with E-state index in [1.165, 1.54) is 7.11 Å². The first-order valence-corrected chi connectivity index (χ1v) is 9.23. The van der Waals surface area contributed by atoms with E-state index in [4.69, 9.17) is 15.2 Å². The van der Waals surface area contributed by atoms with Gasteiger partial charge in [0.1, 0.15) is 24.4 Å². The molecular weight excluding hydrogens is 390 g/mol. The van der Waals surface area contributed by atoms with Crippen LogP contribution in [-0.2, 0) is 27.4 Å². The predicted octanol–water partition coefficient (Wildman–Crippen LogP) is 0.495. The molecule has 3 amide bonds. The summed E-state index contributed by atoms with van der Waals surface area (Å²) in [6.07, 6.45) is -0.736. The molecule has 0 spiro atoms. The highest BCUT2D eigenvalue weighted by atomic mass is 16.5. The normalized spacial score (nSPS) is 12.3. The fraction of sp³-hybridized carbons (Fsp3) is 0.286. The molecule has 9 nitrogen and oxygen atoms in total. The molecule has 0 aliphatic carbocycles. The largest absolute Gasteiger partial charge is 0.497 e. The average molecular weight is 415 g/mol. The van der Waals surface area contributed by atoms with Crippen molar-refractivity contribution < 1.29 is 29.0 Å². The van der Waals surface area contributed by atoms with Crippen molar-refractivity contribution in [3.63, 3.8) is 0 Å². The van der Waals surface area contributed by atoms with Gasteiger partial charge in [0.15, 0.2) is 0 Å². The minimum Gasteiger partial charge on any atom is -0.497 e. The molecule has 0 saturated heterocycles. The summed E-state index contributed by atoms with van der Waals surface area (Å²) in [4.78, 5) is 36.1. The van der Waals surface area contributed by atoms with Crippen LogP contribution in [0, 0.1) is 0 Å². The van der Waals surface area contributed by atoms with E-state index < -0.39 is 36.6 Å². The lowest BCUT2D eigenvalue weighted by atomic mass is 10.0. The highest BCUT2D eigenvalue weighted by molar-refractivity contribution is 5.91. The first-order valence-electron chi connectivity index (χ1n) is 9.23. The van der Waals surface area contributed by atoms with E-state index in [2.05, 4.69) is 10.6 Å². The number of alkyl carbamates (subject to hydrolysis) is 1. The third-order valence-corrected chi connectivity index (χ3v) is 4.26. The van der Waals surface area contributed by atoms with Crippen LogP contribution in [0.3, 0.4) is 0 Å². The summed E-state index contributed by atoms with van der Waals surface area (Å²) in [5.74, 6) is -0.856. The Kier molecular flexibility index (Phi) is 8.64. The summed E-state index contributed by atoms with van der Waals surface area (Å²) in [6.45, 7) is -0.673. The standard InChI is InChI=1S/C21H25N3O6/c1-29-16-9-7-14(8-10-16)11-17(19(22)26)23-20(27)18(12-25)24-21(28)30-13-15-5-3-2-4-6-15/h2-10,17-18,25H,11-13H2,1H3,(H2,22,26)(H,23,27)(H,24,28)/t17-,18+/m1/s1. The van der Waals surface area contributed by atoms with Crippen molar-refractivity contribution in [2.75, 3.05) is 13.7 Å². The van der Waals surface area contributed by atoms with Gasteiger partial charge in [0.05, 0.1) is 13.7 Å². The highest BCUT2D eigenvalue weighted by Crippen LogP contribution is 2.12. The van der Waals surface area contributed by atoms with Crippen LogP contribution in [0.2, 0.25) is 0 Å². The Hall–Kier alpha value is -3.59. The maximum Gasteiger partial charge on any atom is 0.408 e. The third-order valence-electron chi connectivity index (χ3n) is 4.26. The van der Waals surface area contributed by atoms with E-state index in [1.807, 2.05) is 6.07 Å². The molecule has 5 N–H and O–H groups in total. The lowest BCUT2D eigenvalue weighted by molar-refractivity contribution is -0.129. The molecular formula is C21H25N3O6. The van der Waals surface area contributed by atoms with Gasteiger partial charge in [-0.25, -0.2) is 4.79 Å². The first kappa shape index (κ1) is 22.7. The second-order valence-electron chi connectivity index (χ2n) is 6.46. The van der Waals surface area contributed by atoms with E-state index in [0.29, 0.717) is 5.75 Å². The number of nitrogens with two attached hydrogens (primary N) is 1. The average Bonchev–Trinajstić information content (AvgIpc) is 2.76. The van der Waals surface area contributed by atoms with Gasteiger partial charge in [0.25, 0.3) is 0 Å². The minimum atomic E-state index is -1.30. The van der Waals surface area contributed by atoms with Gasteiger partial charge in [-0.05, 0) is 23.3 Å². The van der Waals surface area contributed by atoms with E-state index in [1.54, 1.807) is 48.5 Å². The molecule has 2 aromatic carbocycles. The van der Waals surface area contributed by atoms with Crippen LogP contribution in [-0.4, -0.2) is 48.8 Å². The molecule has 0 aliphatic heterocycles.